The van der Waals surface area contributed by atoms with Crippen LogP contribution in [0, 0.1) is 0 Å². The van der Waals surface area contributed by atoms with Gasteiger partial charge in [-0.2, -0.15) is 0 Å². The van der Waals surface area contributed by atoms with Gasteiger partial charge in [-0.15, -0.1) is 11.3 Å². The Labute approximate surface area is 122 Å². The van der Waals surface area contributed by atoms with E-state index in [1.807, 2.05) is 12.3 Å². The van der Waals surface area contributed by atoms with Crippen LogP contribution in [0.4, 0.5) is 4.79 Å². The maximum absolute atomic E-state index is 12.1. The van der Waals surface area contributed by atoms with Crippen molar-refractivity contribution in [1.29, 1.82) is 0 Å². The van der Waals surface area contributed by atoms with Crippen LogP contribution in [-0.4, -0.2) is 45.6 Å². The number of carbonyl (C=O) groups is 2. The zero-order valence-corrected chi connectivity index (χ0v) is 13.0. The molecule has 1 heterocycles. The summed E-state index contributed by atoms with van der Waals surface area (Å²) in [5.41, 5.74) is -1.23. The maximum Gasteiger partial charge on any atom is 0.329 e. The van der Waals surface area contributed by atoms with Crippen LogP contribution in [0.25, 0.3) is 0 Å². The molecule has 0 saturated carbocycles. The van der Waals surface area contributed by atoms with Crippen LogP contribution in [0.5, 0.6) is 0 Å². The monoisotopic (exact) mass is 299 g/mol. The van der Waals surface area contributed by atoms with E-state index in [0.717, 1.165) is 5.01 Å². The molecule has 6 nitrogen and oxygen atoms in total. The Morgan fingerprint density at radius 1 is 1.55 bits per heavy atom. The fraction of sp³-hybridized carbons (Fsp3) is 0.615. The highest BCUT2D eigenvalue weighted by Gasteiger charge is 2.36. The van der Waals surface area contributed by atoms with Gasteiger partial charge < -0.3 is 15.3 Å². The molecule has 0 fully saturated rings. The second kappa shape index (κ2) is 6.69. The number of rotatable bonds is 6. The first-order valence-corrected chi connectivity index (χ1v) is 7.36. The molecule has 112 valence electrons. The lowest BCUT2D eigenvalue weighted by atomic mass is 10.0. The lowest BCUT2D eigenvalue weighted by Crippen LogP contribution is -2.56. The summed E-state index contributed by atoms with van der Waals surface area (Å²) in [6.07, 6.45) is 1.73. The molecule has 0 radical (unpaired) electrons. The summed E-state index contributed by atoms with van der Waals surface area (Å²) in [6.45, 7) is 7.52. The third kappa shape index (κ3) is 3.69. The Morgan fingerprint density at radius 3 is 2.65 bits per heavy atom. The predicted octanol–water partition coefficient (Wildman–Crippen LogP) is 2.14. The summed E-state index contributed by atoms with van der Waals surface area (Å²) in [5.74, 6) is -0.923. The molecule has 1 aromatic heterocycles. The quantitative estimate of drug-likeness (QED) is 0.843. The lowest BCUT2D eigenvalue weighted by molar-refractivity contribution is -0.147. The van der Waals surface area contributed by atoms with Gasteiger partial charge in [0.15, 0.2) is 0 Å². The number of thiazole rings is 1. The average molecular weight is 299 g/mol. The largest absolute Gasteiger partial charge is 0.480 e. The van der Waals surface area contributed by atoms with Crippen molar-refractivity contribution in [3.8, 4) is 0 Å². The van der Waals surface area contributed by atoms with Gasteiger partial charge in [0.1, 0.15) is 5.54 Å². The van der Waals surface area contributed by atoms with E-state index in [1.165, 1.54) is 30.1 Å². The van der Waals surface area contributed by atoms with E-state index in [4.69, 9.17) is 0 Å². The standard InChI is InChI=1S/C13H21N3O3S/c1-5-16(13(3,4)11(17)18)12(19)15-8-9(2)10-14-6-7-20-10/h6-7,9H,5,8H2,1-4H3,(H,15,19)(H,17,18). The van der Waals surface area contributed by atoms with E-state index in [9.17, 15) is 14.7 Å². The molecule has 2 amide bonds. The number of hydrogen-bond acceptors (Lipinski definition) is 4. The molecule has 0 bridgehead atoms. The minimum Gasteiger partial charge on any atom is -0.480 e. The van der Waals surface area contributed by atoms with E-state index in [2.05, 4.69) is 10.3 Å². The van der Waals surface area contributed by atoms with E-state index < -0.39 is 11.5 Å². The normalized spacial score (nSPS) is 12.8. The highest BCUT2D eigenvalue weighted by atomic mass is 32.1. The van der Waals surface area contributed by atoms with Gasteiger partial charge in [-0.3, -0.25) is 0 Å². The van der Waals surface area contributed by atoms with Gasteiger partial charge in [0.05, 0.1) is 5.01 Å². The molecule has 2 N–H and O–H groups in total. The molecule has 1 rings (SSSR count). The van der Waals surface area contributed by atoms with Crippen molar-refractivity contribution in [2.24, 2.45) is 0 Å². The Morgan fingerprint density at radius 2 is 2.20 bits per heavy atom. The number of nitrogens with one attached hydrogen (secondary N) is 1. The molecule has 0 aliphatic rings. The molecule has 0 aromatic carbocycles. The van der Waals surface area contributed by atoms with Gasteiger partial charge in [-0.05, 0) is 20.8 Å². The first-order valence-electron chi connectivity index (χ1n) is 6.49. The van der Waals surface area contributed by atoms with Crippen LogP contribution >= 0.6 is 11.3 Å². The third-order valence-electron chi connectivity index (χ3n) is 3.19. The minimum absolute atomic E-state index is 0.102. The zero-order chi connectivity index (χ0) is 15.3. The first kappa shape index (κ1) is 16.4. The first-order chi connectivity index (χ1) is 9.30. The molecule has 0 aliphatic carbocycles. The summed E-state index contributed by atoms with van der Waals surface area (Å²) in [7, 11) is 0. The van der Waals surface area contributed by atoms with Gasteiger partial charge in [-0.1, -0.05) is 6.92 Å². The molecular formula is C13H21N3O3S. The lowest BCUT2D eigenvalue weighted by Gasteiger charge is -2.34. The number of carbonyl (C=O) groups excluding carboxylic acids is 1. The van der Waals surface area contributed by atoms with Crippen molar-refractivity contribution in [3.05, 3.63) is 16.6 Å². The molecule has 7 heteroatoms. The van der Waals surface area contributed by atoms with E-state index in [1.54, 1.807) is 13.1 Å². The summed E-state index contributed by atoms with van der Waals surface area (Å²) >= 11 is 1.54. The topological polar surface area (TPSA) is 82.5 Å². The molecular weight excluding hydrogens is 278 g/mol. The minimum atomic E-state index is -1.23. The molecule has 1 aromatic rings. The third-order valence-corrected chi connectivity index (χ3v) is 4.20. The van der Waals surface area contributed by atoms with Crippen molar-refractivity contribution in [3.63, 3.8) is 0 Å². The molecule has 1 unspecified atom stereocenters. The summed E-state index contributed by atoms with van der Waals surface area (Å²) in [5, 5.41) is 14.8. The number of carboxylic acids is 1. The second-order valence-corrected chi connectivity index (χ2v) is 5.99. The SMILES string of the molecule is CCN(C(=O)NCC(C)c1nccs1)C(C)(C)C(=O)O. The molecule has 0 spiro atoms. The molecule has 0 aliphatic heterocycles. The number of hydrogen-bond donors (Lipinski definition) is 2. The highest BCUT2D eigenvalue weighted by Crippen LogP contribution is 2.18. The van der Waals surface area contributed by atoms with Crippen LogP contribution < -0.4 is 5.32 Å². The van der Waals surface area contributed by atoms with Crippen molar-refractivity contribution in [1.82, 2.24) is 15.2 Å². The van der Waals surface area contributed by atoms with Gasteiger partial charge in [-0.25, -0.2) is 14.6 Å². The number of amides is 2. The number of aromatic nitrogens is 1. The van der Waals surface area contributed by atoms with Crippen molar-refractivity contribution in [2.45, 2.75) is 39.2 Å². The Balaban J connectivity index is 2.63. The van der Waals surface area contributed by atoms with Crippen LogP contribution in [-0.2, 0) is 4.79 Å². The van der Waals surface area contributed by atoms with Gasteiger partial charge in [0.25, 0.3) is 0 Å². The van der Waals surface area contributed by atoms with E-state index in [-0.39, 0.29) is 11.9 Å². The number of aliphatic carboxylic acids is 1. The second-order valence-electron chi connectivity index (χ2n) is 5.07. The van der Waals surface area contributed by atoms with Crippen molar-refractivity contribution in [2.75, 3.05) is 13.1 Å². The number of nitrogens with zero attached hydrogens (tertiary/aromatic N) is 2. The number of carboxylic acid groups (broad SMARTS) is 1. The van der Waals surface area contributed by atoms with Gasteiger partial charge in [0.2, 0.25) is 0 Å². The van der Waals surface area contributed by atoms with Crippen LogP contribution in [0.15, 0.2) is 11.6 Å². The van der Waals surface area contributed by atoms with Crippen LogP contribution in [0.3, 0.4) is 0 Å². The Hall–Kier alpha value is -1.63. The van der Waals surface area contributed by atoms with Gasteiger partial charge >= 0.3 is 12.0 Å². The maximum atomic E-state index is 12.1. The predicted molar refractivity (Wildman–Crippen MR) is 78.0 cm³/mol. The highest BCUT2D eigenvalue weighted by molar-refractivity contribution is 7.09. The number of urea groups is 1. The summed E-state index contributed by atoms with van der Waals surface area (Å²) < 4.78 is 0. The van der Waals surface area contributed by atoms with Gasteiger partial charge in [0, 0.05) is 30.6 Å². The van der Waals surface area contributed by atoms with Crippen molar-refractivity contribution < 1.29 is 14.7 Å². The van der Waals surface area contributed by atoms with Crippen LogP contribution in [0.2, 0.25) is 0 Å². The molecule has 1 atom stereocenters. The molecule has 0 saturated heterocycles. The van der Waals surface area contributed by atoms with E-state index in [0.29, 0.717) is 13.1 Å². The Kier molecular flexibility index (Phi) is 5.50. The smallest absolute Gasteiger partial charge is 0.329 e. The van der Waals surface area contributed by atoms with Crippen LogP contribution in [0.1, 0.15) is 38.6 Å². The average Bonchev–Trinajstić information content (AvgIpc) is 2.90. The summed E-state index contributed by atoms with van der Waals surface area (Å²) in [4.78, 5) is 28.9. The number of likely N-dealkylation sites (N-methyl/N-ethyl adjacent to an activating group) is 1. The fourth-order valence-corrected chi connectivity index (χ4v) is 2.51. The zero-order valence-electron chi connectivity index (χ0n) is 12.2. The van der Waals surface area contributed by atoms with E-state index >= 15 is 0 Å². The fourth-order valence-electron chi connectivity index (χ4n) is 1.81. The summed E-state index contributed by atoms with van der Waals surface area (Å²) in [6, 6.07) is -0.372. The van der Waals surface area contributed by atoms with Crippen molar-refractivity contribution >= 4 is 23.3 Å². The Bertz CT molecular complexity index is 459. The molecule has 20 heavy (non-hydrogen) atoms.